The molecule has 3 heterocycles. The summed E-state index contributed by atoms with van der Waals surface area (Å²) in [4.78, 5) is 13.5. The molecule has 0 aromatic carbocycles. The molecule has 0 spiro atoms. The highest BCUT2D eigenvalue weighted by Crippen LogP contribution is 2.33. The lowest BCUT2D eigenvalue weighted by molar-refractivity contribution is -0.379. The monoisotopic (exact) mass is 1490 g/mol. The number of aliphatic hydroxyl groups excluding tert-OH is 11. The summed E-state index contributed by atoms with van der Waals surface area (Å²) in [5, 5.41) is 121. The molecule has 0 aliphatic carbocycles. The molecule has 12 N–H and O–H groups in total. The first kappa shape index (κ1) is 95.9. The Morgan fingerprint density at radius 1 is 0.349 bits per heavy atom. The van der Waals surface area contributed by atoms with E-state index >= 15 is 0 Å². The normalized spacial score (nSPS) is 26.4. The number of carbonyl (C=O) groups is 1. The predicted molar refractivity (Wildman–Crippen MR) is 424 cm³/mol. The molecule has 106 heavy (non-hydrogen) atoms. The van der Waals surface area contributed by atoms with Gasteiger partial charge in [-0.15, -0.1) is 0 Å². The second-order valence-electron chi connectivity index (χ2n) is 28.5. The van der Waals surface area contributed by atoms with E-state index < -0.39 is 124 Å². The second-order valence-corrected chi connectivity index (χ2v) is 28.5. The van der Waals surface area contributed by atoms with E-state index in [2.05, 4.69) is 153 Å². The zero-order valence-electron chi connectivity index (χ0n) is 64.9. The molecule has 0 bridgehead atoms. The van der Waals surface area contributed by atoms with Crippen molar-refractivity contribution in [1.82, 2.24) is 5.32 Å². The van der Waals surface area contributed by atoms with Gasteiger partial charge < -0.3 is 89.9 Å². The number of aliphatic hydroxyl groups is 11. The molecular formula is C87H145NO18. The van der Waals surface area contributed by atoms with Crippen LogP contribution in [0.15, 0.2) is 146 Å². The third-order valence-electron chi connectivity index (χ3n) is 19.3. The Kier molecular flexibility index (Phi) is 59.1. The van der Waals surface area contributed by atoms with Gasteiger partial charge in [0, 0.05) is 6.42 Å². The van der Waals surface area contributed by atoms with Crippen LogP contribution in [0.2, 0.25) is 0 Å². The van der Waals surface area contributed by atoms with Crippen molar-refractivity contribution in [3.8, 4) is 0 Å². The lowest BCUT2D eigenvalue weighted by Crippen LogP contribution is -2.66. The maximum Gasteiger partial charge on any atom is 0.220 e. The van der Waals surface area contributed by atoms with E-state index in [0.717, 1.165) is 116 Å². The molecular weight excluding hydrogens is 1350 g/mol. The van der Waals surface area contributed by atoms with Gasteiger partial charge in [-0.3, -0.25) is 4.79 Å². The average Bonchev–Trinajstić information content (AvgIpc) is 0.780. The van der Waals surface area contributed by atoms with Gasteiger partial charge >= 0.3 is 0 Å². The van der Waals surface area contributed by atoms with Crippen molar-refractivity contribution in [2.45, 2.75) is 369 Å². The first-order valence-electron chi connectivity index (χ1n) is 41.1. The molecule has 0 aromatic rings. The number of amides is 1. The summed E-state index contributed by atoms with van der Waals surface area (Å²) >= 11 is 0. The van der Waals surface area contributed by atoms with Gasteiger partial charge in [0.1, 0.15) is 73.2 Å². The summed E-state index contributed by atoms with van der Waals surface area (Å²) in [6, 6.07) is -1.01. The van der Waals surface area contributed by atoms with Crippen molar-refractivity contribution >= 4 is 5.91 Å². The Bertz CT molecular complexity index is 2490. The topological polar surface area (TPSA) is 307 Å². The SMILES string of the molecule is CC/C=C\C/C=C\C/C=C\C/C=C\C/C=C\C/C=C\C/C=C\C/C=C\C/C=C\CCCCCCCCCCCC(=O)NC(COC1OC(CO)C(OC2OC(CO)C(OC3OC(CO)C(O)C(O)C3O)C(O)C2O)C(O)C1O)C(O)/C=C/CC/C=C/CC/C=C/CCCCCCCCCCCCCCCC. The number of hydrogen-bond acceptors (Lipinski definition) is 18. The van der Waals surface area contributed by atoms with Gasteiger partial charge in [-0.1, -0.05) is 288 Å². The van der Waals surface area contributed by atoms with Crippen LogP contribution in [-0.4, -0.2) is 193 Å². The number of hydrogen-bond donors (Lipinski definition) is 12. The predicted octanol–water partition coefficient (Wildman–Crippen LogP) is 14.2. The van der Waals surface area contributed by atoms with Crippen molar-refractivity contribution < 1.29 is 89.4 Å². The highest BCUT2D eigenvalue weighted by atomic mass is 16.8. The molecule has 17 atom stereocenters. The van der Waals surface area contributed by atoms with Gasteiger partial charge in [0.05, 0.1) is 38.6 Å². The third kappa shape index (κ3) is 44.5. The number of rotatable bonds is 63. The fraction of sp³-hybridized carbons (Fsp3) is 0.713. The van der Waals surface area contributed by atoms with Crippen LogP contribution in [0.25, 0.3) is 0 Å². The lowest BCUT2D eigenvalue weighted by atomic mass is 9.96. The third-order valence-corrected chi connectivity index (χ3v) is 19.3. The largest absolute Gasteiger partial charge is 0.394 e. The van der Waals surface area contributed by atoms with Gasteiger partial charge in [0.25, 0.3) is 0 Å². The summed E-state index contributed by atoms with van der Waals surface area (Å²) in [5.41, 5.74) is 0. The minimum absolute atomic E-state index is 0.215. The minimum atomic E-state index is -1.99. The molecule has 3 saturated heterocycles. The molecule has 1 amide bonds. The van der Waals surface area contributed by atoms with E-state index in [1.165, 1.54) is 116 Å². The summed E-state index contributed by atoms with van der Waals surface area (Å²) in [5.74, 6) is -0.301. The highest BCUT2D eigenvalue weighted by molar-refractivity contribution is 5.76. The minimum Gasteiger partial charge on any atom is -0.394 e. The summed E-state index contributed by atoms with van der Waals surface area (Å²) in [7, 11) is 0. The van der Waals surface area contributed by atoms with Gasteiger partial charge in [-0.2, -0.15) is 0 Å². The molecule has 3 aliphatic rings. The molecule has 19 nitrogen and oxygen atoms in total. The molecule has 19 heteroatoms. The molecule has 0 aromatic heterocycles. The fourth-order valence-electron chi connectivity index (χ4n) is 12.8. The number of allylic oxidation sites excluding steroid dienone is 23. The second kappa shape index (κ2) is 65.4. The molecule has 3 fully saturated rings. The Hall–Kier alpha value is -4.33. The average molecular weight is 1490 g/mol. The Labute approximate surface area is 638 Å². The van der Waals surface area contributed by atoms with E-state index in [4.69, 9.17) is 28.4 Å². The number of ether oxygens (including phenoxy) is 6. The molecule has 0 radical (unpaired) electrons. The Balaban J connectivity index is 1.38. The van der Waals surface area contributed by atoms with E-state index in [1.54, 1.807) is 6.08 Å². The van der Waals surface area contributed by atoms with Gasteiger partial charge in [-0.25, -0.2) is 0 Å². The van der Waals surface area contributed by atoms with Crippen LogP contribution in [0.3, 0.4) is 0 Å². The molecule has 606 valence electrons. The highest BCUT2D eigenvalue weighted by Gasteiger charge is 2.54. The standard InChI is InChI=1S/C87H145NO18/c1-3-5-7-9-11-13-15-17-19-21-23-25-27-29-30-31-32-33-34-35-36-37-38-39-40-41-43-45-47-49-51-53-55-57-59-61-63-65-75(93)88-70(71(92)64-62-60-58-56-54-52-50-48-46-44-42-28-26-24-22-20-18-16-14-12-10-8-6-4-2)69-101-85-81(99)78(96)83(73(67-90)103-85)106-87-82(100)79(97)84(74(68-91)104-87)105-86-80(98)77(95)76(94)72(66-89)102-86/h5,7,11,13,17,19,23,25,29-30,32-33,35-36,38-39,41,43,46,48,54,56,62,64,70-74,76-87,89-92,94-100H,3-4,6,8-10,12,14-16,18,20-22,24,26-28,31,34,37,40,42,44-45,47,49-53,55,57-61,63,65-69H2,1-2H3,(H,88,93)/b7-5-,13-11-,19-17-,25-23-,30-29-,33-32-,36-35-,39-38-,43-41-,48-46+,56-54+,64-62+. The quantitative estimate of drug-likeness (QED) is 0.0199. The maximum absolute atomic E-state index is 13.5. The van der Waals surface area contributed by atoms with E-state index in [1.807, 2.05) is 6.08 Å². The zero-order chi connectivity index (χ0) is 76.7. The molecule has 17 unspecified atom stereocenters. The molecule has 3 aliphatic heterocycles. The smallest absolute Gasteiger partial charge is 0.220 e. The van der Waals surface area contributed by atoms with Crippen molar-refractivity contribution in [3.63, 3.8) is 0 Å². The number of unbranched alkanes of at least 4 members (excludes halogenated alkanes) is 25. The van der Waals surface area contributed by atoms with Crippen molar-refractivity contribution in [3.05, 3.63) is 146 Å². The zero-order valence-corrected chi connectivity index (χ0v) is 64.9. The fourth-order valence-corrected chi connectivity index (χ4v) is 12.8. The van der Waals surface area contributed by atoms with Crippen LogP contribution >= 0.6 is 0 Å². The first-order valence-corrected chi connectivity index (χ1v) is 41.1. The van der Waals surface area contributed by atoms with Crippen LogP contribution in [0, 0.1) is 0 Å². The first-order chi connectivity index (χ1) is 51.8. The summed E-state index contributed by atoms with van der Waals surface area (Å²) < 4.78 is 34.4. The number of carbonyl (C=O) groups excluding carboxylic acids is 1. The van der Waals surface area contributed by atoms with Crippen LogP contribution in [0.4, 0.5) is 0 Å². The van der Waals surface area contributed by atoms with Crippen molar-refractivity contribution in [1.29, 1.82) is 0 Å². The Morgan fingerprint density at radius 3 is 1.06 bits per heavy atom. The molecule has 0 saturated carbocycles. The Morgan fingerprint density at radius 2 is 0.660 bits per heavy atom. The van der Waals surface area contributed by atoms with E-state index in [9.17, 15) is 61.0 Å². The van der Waals surface area contributed by atoms with E-state index in [-0.39, 0.29) is 18.9 Å². The van der Waals surface area contributed by atoms with Crippen molar-refractivity contribution in [2.24, 2.45) is 0 Å². The maximum atomic E-state index is 13.5. The van der Waals surface area contributed by atoms with Gasteiger partial charge in [0.2, 0.25) is 5.91 Å². The van der Waals surface area contributed by atoms with Crippen molar-refractivity contribution in [2.75, 3.05) is 26.4 Å². The van der Waals surface area contributed by atoms with Gasteiger partial charge in [0.15, 0.2) is 18.9 Å². The molecule has 3 rings (SSSR count). The van der Waals surface area contributed by atoms with E-state index in [0.29, 0.717) is 12.8 Å². The lowest BCUT2D eigenvalue weighted by Gasteiger charge is -2.48. The van der Waals surface area contributed by atoms with Crippen LogP contribution in [-0.2, 0) is 33.2 Å². The van der Waals surface area contributed by atoms with Gasteiger partial charge in [-0.05, 0) is 116 Å². The van der Waals surface area contributed by atoms with Crippen LogP contribution in [0.1, 0.15) is 264 Å². The van der Waals surface area contributed by atoms with Crippen LogP contribution < -0.4 is 5.32 Å². The summed E-state index contributed by atoms with van der Waals surface area (Å²) in [6.07, 6.45) is 68.2. The number of nitrogens with one attached hydrogen (secondary N) is 1. The van der Waals surface area contributed by atoms with Crippen LogP contribution in [0.5, 0.6) is 0 Å². The summed E-state index contributed by atoms with van der Waals surface area (Å²) in [6.45, 7) is 1.59.